The van der Waals surface area contributed by atoms with Crippen molar-refractivity contribution >= 4 is 29.8 Å². The van der Waals surface area contributed by atoms with Crippen molar-refractivity contribution in [3.8, 4) is 17.1 Å². The minimum atomic E-state index is -1.10. The summed E-state index contributed by atoms with van der Waals surface area (Å²) in [5.41, 5.74) is 1.37. The van der Waals surface area contributed by atoms with Crippen molar-refractivity contribution in [2.24, 2.45) is 0 Å². The molecule has 3 aromatic rings. The second-order valence-corrected chi connectivity index (χ2v) is 5.19. The van der Waals surface area contributed by atoms with Crippen LogP contribution in [0.2, 0.25) is 5.02 Å². The second kappa shape index (κ2) is 5.70. The number of hydrogen-bond donors (Lipinski definition) is 2. The van der Waals surface area contributed by atoms with Crippen LogP contribution in [0.3, 0.4) is 0 Å². The molecule has 22 heavy (non-hydrogen) atoms. The van der Waals surface area contributed by atoms with Gasteiger partial charge in [-0.1, -0.05) is 11.6 Å². The molecule has 0 saturated carbocycles. The Balaban J connectivity index is 2.22. The first-order valence-electron chi connectivity index (χ1n) is 6.19. The van der Waals surface area contributed by atoms with Gasteiger partial charge in [-0.15, -0.1) is 0 Å². The molecular formula is C14H9ClN4O2S. The standard InChI is InChI=1S/C14H9ClN4O2S/c15-11-2-1-9(7-10(11)13(20)21)19-12(17-18-14(19)22)8-3-5-16-6-4-8/h1-7H,(H,18,22)(H,20,21). The molecule has 0 atom stereocenters. The van der Waals surface area contributed by atoms with Gasteiger partial charge in [0.15, 0.2) is 10.6 Å². The minimum absolute atomic E-state index is 0.00273. The van der Waals surface area contributed by atoms with E-state index in [1.54, 1.807) is 35.2 Å². The molecule has 0 amide bonds. The molecule has 0 bridgehead atoms. The van der Waals surface area contributed by atoms with Crippen molar-refractivity contribution < 1.29 is 9.90 Å². The van der Waals surface area contributed by atoms with Gasteiger partial charge in [0, 0.05) is 18.0 Å². The lowest BCUT2D eigenvalue weighted by atomic mass is 10.2. The summed E-state index contributed by atoms with van der Waals surface area (Å²) >= 11 is 11.1. The highest BCUT2D eigenvalue weighted by atomic mass is 35.5. The molecule has 6 nitrogen and oxygen atoms in total. The van der Waals surface area contributed by atoms with Crippen LogP contribution in [-0.4, -0.2) is 30.8 Å². The van der Waals surface area contributed by atoms with Gasteiger partial charge in [-0.25, -0.2) is 4.79 Å². The third kappa shape index (κ3) is 2.51. The quantitative estimate of drug-likeness (QED) is 0.719. The Labute approximate surface area is 135 Å². The number of carbonyl (C=O) groups is 1. The summed E-state index contributed by atoms with van der Waals surface area (Å²) in [6.07, 6.45) is 3.28. The van der Waals surface area contributed by atoms with Gasteiger partial charge in [0.25, 0.3) is 0 Å². The fourth-order valence-corrected chi connectivity index (χ4v) is 2.48. The van der Waals surface area contributed by atoms with E-state index in [1.165, 1.54) is 12.1 Å². The number of hydrogen-bond acceptors (Lipinski definition) is 4. The van der Waals surface area contributed by atoms with Crippen LogP contribution in [0.15, 0.2) is 42.7 Å². The van der Waals surface area contributed by atoms with Gasteiger partial charge in [-0.3, -0.25) is 14.6 Å². The highest BCUT2D eigenvalue weighted by Crippen LogP contribution is 2.24. The van der Waals surface area contributed by atoms with Crippen molar-refractivity contribution in [2.75, 3.05) is 0 Å². The number of aromatic nitrogens is 4. The Kier molecular flexibility index (Phi) is 3.74. The maximum atomic E-state index is 11.2. The SMILES string of the molecule is O=C(O)c1cc(-n2c(-c3ccncc3)n[nH]c2=S)ccc1Cl. The topological polar surface area (TPSA) is 83.8 Å². The molecule has 0 aliphatic heterocycles. The van der Waals surface area contributed by atoms with Crippen LogP contribution in [0.5, 0.6) is 0 Å². The van der Waals surface area contributed by atoms with Crippen LogP contribution in [0.1, 0.15) is 10.4 Å². The Bertz CT molecular complexity index is 905. The lowest BCUT2D eigenvalue weighted by molar-refractivity contribution is 0.0697. The van der Waals surface area contributed by atoms with E-state index in [4.69, 9.17) is 23.8 Å². The van der Waals surface area contributed by atoms with Gasteiger partial charge in [0.2, 0.25) is 0 Å². The first-order chi connectivity index (χ1) is 10.6. The highest BCUT2D eigenvalue weighted by molar-refractivity contribution is 7.71. The van der Waals surface area contributed by atoms with Crippen LogP contribution in [0.25, 0.3) is 17.1 Å². The third-order valence-electron chi connectivity index (χ3n) is 3.05. The highest BCUT2D eigenvalue weighted by Gasteiger charge is 2.14. The zero-order chi connectivity index (χ0) is 15.7. The monoisotopic (exact) mass is 332 g/mol. The Morgan fingerprint density at radius 2 is 2.00 bits per heavy atom. The van der Waals surface area contributed by atoms with E-state index in [0.29, 0.717) is 16.3 Å². The maximum Gasteiger partial charge on any atom is 0.337 e. The Morgan fingerprint density at radius 3 is 2.68 bits per heavy atom. The van der Waals surface area contributed by atoms with Gasteiger partial charge >= 0.3 is 5.97 Å². The van der Waals surface area contributed by atoms with Crippen LogP contribution >= 0.6 is 23.8 Å². The van der Waals surface area contributed by atoms with E-state index in [0.717, 1.165) is 5.56 Å². The zero-order valence-corrected chi connectivity index (χ0v) is 12.6. The van der Waals surface area contributed by atoms with Crippen LogP contribution in [-0.2, 0) is 0 Å². The van der Waals surface area contributed by atoms with Crippen LogP contribution in [0, 0.1) is 4.77 Å². The van der Waals surface area contributed by atoms with Crippen LogP contribution in [0.4, 0.5) is 0 Å². The summed E-state index contributed by atoms with van der Waals surface area (Å²) in [7, 11) is 0. The molecular weight excluding hydrogens is 324 g/mol. The summed E-state index contributed by atoms with van der Waals surface area (Å²) in [5, 5.41) is 16.3. The fraction of sp³-hybridized carbons (Fsp3) is 0. The average molecular weight is 333 g/mol. The van der Waals surface area contributed by atoms with E-state index in [1.807, 2.05) is 0 Å². The molecule has 3 rings (SSSR count). The van der Waals surface area contributed by atoms with Crippen LogP contribution < -0.4 is 0 Å². The Hall–Kier alpha value is -2.51. The van der Waals surface area contributed by atoms with Gasteiger partial charge < -0.3 is 5.11 Å². The number of carboxylic acid groups (broad SMARTS) is 1. The number of aromatic carboxylic acids is 1. The molecule has 0 aliphatic carbocycles. The molecule has 2 aromatic heterocycles. The predicted molar refractivity (Wildman–Crippen MR) is 83.9 cm³/mol. The first-order valence-corrected chi connectivity index (χ1v) is 6.97. The van der Waals surface area contributed by atoms with Crippen molar-refractivity contribution in [1.29, 1.82) is 0 Å². The Morgan fingerprint density at radius 1 is 1.27 bits per heavy atom. The molecule has 0 spiro atoms. The predicted octanol–water partition coefficient (Wildman–Crippen LogP) is 3.34. The molecule has 0 aliphatic rings. The summed E-state index contributed by atoms with van der Waals surface area (Å²) in [6, 6.07) is 8.24. The zero-order valence-electron chi connectivity index (χ0n) is 11.0. The summed E-state index contributed by atoms with van der Waals surface area (Å²) in [4.78, 5) is 15.2. The summed E-state index contributed by atoms with van der Waals surface area (Å²) in [6.45, 7) is 0. The summed E-state index contributed by atoms with van der Waals surface area (Å²) < 4.78 is 2.00. The average Bonchev–Trinajstić information content (AvgIpc) is 2.90. The van der Waals surface area contributed by atoms with Gasteiger partial charge in [-0.2, -0.15) is 5.10 Å². The lowest BCUT2D eigenvalue weighted by Crippen LogP contribution is -2.02. The normalized spacial score (nSPS) is 10.6. The fourth-order valence-electron chi connectivity index (χ4n) is 2.05. The molecule has 2 heterocycles. The van der Waals surface area contributed by atoms with E-state index in [-0.39, 0.29) is 10.6 Å². The molecule has 110 valence electrons. The second-order valence-electron chi connectivity index (χ2n) is 4.39. The summed E-state index contributed by atoms with van der Waals surface area (Å²) in [5.74, 6) is -0.543. The van der Waals surface area contributed by atoms with E-state index >= 15 is 0 Å². The van der Waals surface area contributed by atoms with E-state index in [2.05, 4.69) is 15.2 Å². The largest absolute Gasteiger partial charge is 0.478 e. The smallest absolute Gasteiger partial charge is 0.337 e. The van der Waals surface area contributed by atoms with Crippen molar-refractivity contribution in [1.82, 2.24) is 19.7 Å². The van der Waals surface area contributed by atoms with Gasteiger partial charge in [-0.05, 0) is 42.5 Å². The molecule has 2 N–H and O–H groups in total. The number of pyridine rings is 1. The molecule has 0 saturated heterocycles. The number of nitrogens with zero attached hydrogens (tertiary/aromatic N) is 3. The van der Waals surface area contributed by atoms with E-state index in [9.17, 15) is 9.90 Å². The number of aromatic amines is 1. The lowest BCUT2D eigenvalue weighted by Gasteiger charge is -2.08. The molecule has 0 fully saturated rings. The maximum absolute atomic E-state index is 11.2. The first kappa shape index (κ1) is 14.4. The number of H-pyrrole nitrogens is 1. The third-order valence-corrected chi connectivity index (χ3v) is 3.65. The van der Waals surface area contributed by atoms with Crippen molar-refractivity contribution in [2.45, 2.75) is 0 Å². The number of carboxylic acids is 1. The molecule has 0 radical (unpaired) electrons. The number of rotatable bonds is 3. The van der Waals surface area contributed by atoms with Gasteiger partial charge in [0.1, 0.15) is 0 Å². The van der Waals surface area contributed by atoms with Gasteiger partial charge in [0.05, 0.1) is 16.3 Å². The van der Waals surface area contributed by atoms with Crippen molar-refractivity contribution in [3.63, 3.8) is 0 Å². The number of nitrogens with one attached hydrogen (secondary N) is 1. The number of benzene rings is 1. The minimum Gasteiger partial charge on any atom is -0.478 e. The molecule has 8 heteroatoms. The molecule has 1 aromatic carbocycles. The van der Waals surface area contributed by atoms with Crippen molar-refractivity contribution in [3.05, 3.63) is 58.1 Å². The van der Waals surface area contributed by atoms with E-state index < -0.39 is 5.97 Å². The molecule has 0 unspecified atom stereocenters. The number of halogens is 1.